The standard InChI is InChI=1S/C14H24N2O4/c1-2-18-13(17)14(8-11(9-15)16-20-14)10-19-12-6-4-3-5-7-12/h12H,2-10,15H2,1H3. The number of hydrogen-bond donors (Lipinski definition) is 1. The van der Waals surface area contributed by atoms with Gasteiger partial charge in [0.05, 0.1) is 18.4 Å². The predicted octanol–water partition coefficient (Wildman–Crippen LogP) is 1.37. The van der Waals surface area contributed by atoms with Crippen LogP contribution in [0.25, 0.3) is 0 Å². The molecular formula is C14H24N2O4. The lowest BCUT2D eigenvalue weighted by atomic mass is 9.96. The van der Waals surface area contributed by atoms with Crippen molar-refractivity contribution in [2.75, 3.05) is 19.8 Å². The van der Waals surface area contributed by atoms with Gasteiger partial charge in [0.2, 0.25) is 0 Å². The topological polar surface area (TPSA) is 83.1 Å². The van der Waals surface area contributed by atoms with Crippen LogP contribution >= 0.6 is 0 Å². The van der Waals surface area contributed by atoms with Gasteiger partial charge in [0.25, 0.3) is 5.60 Å². The number of rotatable bonds is 6. The summed E-state index contributed by atoms with van der Waals surface area (Å²) in [4.78, 5) is 17.5. The molecule has 1 heterocycles. The number of nitrogens with two attached hydrogens (primary N) is 1. The van der Waals surface area contributed by atoms with Crippen molar-refractivity contribution in [3.63, 3.8) is 0 Å². The molecule has 0 aromatic rings. The Morgan fingerprint density at radius 2 is 2.20 bits per heavy atom. The summed E-state index contributed by atoms with van der Waals surface area (Å²) in [6.07, 6.45) is 6.29. The highest BCUT2D eigenvalue weighted by atomic mass is 16.7. The van der Waals surface area contributed by atoms with Gasteiger partial charge in [-0.25, -0.2) is 4.79 Å². The molecule has 0 saturated heterocycles. The van der Waals surface area contributed by atoms with E-state index >= 15 is 0 Å². The zero-order valence-corrected chi connectivity index (χ0v) is 12.1. The lowest BCUT2D eigenvalue weighted by Gasteiger charge is -2.28. The molecule has 1 aliphatic carbocycles. The van der Waals surface area contributed by atoms with E-state index in [2.05, 4.69) is 5.16 Å². The van der Waals surface area contributed by atoms with Crippen molar-refractivity contribution < 1.29 is 19.1 Å². The molecule has 0 aromatic heterocycles. The van der Waals surface area contributed by atoms with E-state index in [4.69, 9.17) is 20.0 Å². The third-order valence-electron chi connectivity index (χ3n) is 3.83. The molecule has 2 N–H and O–H groups in total. The fourth-order valence-corrected chi connectivity index (χ4v) is 2.65. The van der Waals surface area contributed by atoms with Crippen molar-refractivity contribution in [3.05, 3.63) is 0 Å². The minimum atomic E-state index is -1.14. The van der Waals surface area contributed by atoms with Gasteiger partial charge < -0.3 is 20.0 Å². The minimum absolute atomic E-state index is 0.184. The molecule has 1 atom stereocenters. The van der Waals surface area contributed by atoms with Gasteiger partial charge in [-0.15, -0.1) is 0 Å². The summed E-state index contributed by atoms with van der Waals surface area (Å²) >= 11 is 0. The molecule has 0 radical (unpaired) electrons. The molecule has 6 nitrogen and oxygen atoms in total. The van der Waals surface area contributed by atoms with Gasteiger partial charge in [-0.05, 0) is 19.8 Å². The summed E-state index contributed by atoms with van der Waals surface area (Å²) in [7, 11) is 0. The average Bonchev–Trinajstić information content (AvgIpc) is 2.92. The van der Waals surface area contributed by atoms with Crippen molar-refractivity contribution in [2.45, 2.75) is 57.2 Å². The molecule has 114 valence electrons. The van der Waals surface area contributed by atoms with Gasteiger partial charge in [-0.1, -0.05) is 24.4 Å². The zero-order valence-electron chi connectivity index (χ0n) is 12.1. The first-order valence-electron chi connectivity index (χ1n) is 7.43. The molecule has 1 aliphatic heterocycles. The molecular weight excluding hydrogens is 260 g/mol. The van der Waals surface area contributed by atoms with Crippen LogP contribution in [0.5, 0.6) is 0 Å². The number of carbonyl (C=O) groups is 1. The van der Waals surface area contributed by atoms with Crippen molar-refractivity contribution >= 4 is 11.7 Å². The molecule has 1 unspecified atom stereocenters. The maximum Gasteiger partial charge on any atom is 0.356 e. The number of oxime groups is 1. The molecule has 2 rings (SSSR count). The largest absolute Gasteiger partial charge is 0.463 e. The number of carbonyl (C=O) groups excluding carboxylic acids is 1. The summed E-state index contributed by atoms with van der Waals surface area (Å²) in [5, 5.41) is 3.89. The third-order valence-corrected chi connectivity index (χ3v) is 3.83. The Kier molecular flexibility index (Phi) is 5.37. The quantitative estimate of drug-likeness (QED) is 0.745. The lowest BCUT2D eigenvalue weighted by molar-refractivity contribution is -0.180. The van der Waals surface area contributed by atoms with Crippen molar-refractivity contribution in [1.29, 1.82) is 0 Å². The minimum Gasteiger partial charge on any atom is -0.463 e. The number of ether oxygens (including phenoxy) is 2. The molecule has 6 heteroatoms. The molecule has 1 saturated carbocycles. The highest BCUT2D eigenvalue weighted by molar-refractivity contribution is 5.94. The first kappa shape index (κ1) is 15.3. The van der Waals surface area contributed by atoms with Crippen LogP contribution in [0.3, 0.4) is 0 Å². The molecule has 0 aromatic carbocycles. The summed E-state index contributed by atoms with van der Waals surface area (Å²) in [5.74, 6) is -0.414. The number of esters is 1. The highest BCUT2D eigenvalue weighted by Gasteiger charge is 2.48. The Balaban J connectivity index is 1.94. The Morgan fingerprint density at radius 3 is 2.80 bits per heavy atom. The van der Waals surface area contributed by atoms with Crippen LogP contribution in [0.15, 0.2) is 5.16 Å². The van der Waals surface area contributed by atoms with E-state index in [1.807, 2.05) is 0 Å². The molecule has 1 fully saturated rings. The van der Waals surface area contributed by atoms with Crippen molar-refractivity contribution in [2.24, 2.45) is 10.9 Å². The second-order valence-electron chi connectivity index (χ2n) is 5.42. The number of hydrogen-bond acceptors (Lipinski definition) is 6. The molecule has 0 amide bonds. The van der Waals surface area contributed by atoms with Crippen molar-refractivity contribution in [1.82, 2.24) is 0 Å². The van der Waals surface area contributed by atoms with Crippen LogP contribution in [0.4, 0.5) is 0 Å². The summed E-state index contributed by atoms with van der Waals surface area (Å²) in [6, 6.07) is 0. The first-order valence-corrected chi connectivity index (χ1v) is 7.43. The average molecular weight is 284 g/mol. The van der Waals surface area contributed by atoms with Crippen LogP contribution in [0.1, 0.15) is 45.4 Å². The van der Waals surface area contributed by atoms with E-state index < -0.39 is 11.6 Å². The molecule has 2 aliphatic rings. The van der Waals surface area contributed by atoms with E-state index in [1.165, 1.54) is 19.3 Å². The maximum absolute atomic E-state index is 12.2. The highest BCUT2D eigenvalue weighted by Crippen LogP contribution is 2.28. The van der Waals surface area contributed by atoms with Crippen LogP contribution < -0.4 is 5.73 Å². The molecule has 0 spiro atoms. The van der Waals surface area contributed by atoms with Gasteiger partial charge in [0, 0.05) is 13.0 Å². The van der Waals surface area contributed by atoms with E-state index in [0.717, 1.165) is 12.8 Å². The SMILES string of the molecule is CCOC(=O)C1(COC2CCCCC2)CC(CN)=NO1. The van der Waals surface area contributed by atoms with Gasteiger partial charge in [-0.3, -0.25) is 0 Å². The first-order chi connectivity index (χ1) is 9.70. The third kappa shape index (κ3) is 3.49. The van der Waals surface area contributed by atoms with Crippen LogP contribution in [-0.2, 0) is 19.1 Å². The van der Waals surface area contributed by atoms with Gasteiger partial charge >= 0.3 is 5.97 Å². The Bertz CT molecular complexity index is 366. The Hall–Kier alpha value is -1.14. The fraction of sp³-hybridized carbons (Fsp3) is 0.857. The smallest absolute Gasteiger partial charge is 0.356 e. The lowest BCUT2D eigenvalue weighted by Crippen LogP contribution is -2.46. The molecule has 0 bridgehead atoms. The van der Waals surface area contributed by atoms with Crippen molar-refractivity contribution in [3.8, 4) is 0 Å². The van der Waals surface area contributed by atoms with E-state index in [9.17, 15) is 4.79 Å². The van der Waals surface area contributed by atoms with Gasteiger partial charge in [0.15, 0.2) is 0 Å². The van der Waals surface area contributed by atoms with E-state index in [0.29, 0.717) is 18.7 Å². The summed E-state index contributed by atoms with van der Waals surface area (Å²) in [6.45, 7) is 2.55. The van der Waals surface area contributed by atoms with Crippen LogP contribution in [0, 0.1) is 0 Å². The van der Waals surface area contributed by atoms with Crippen LogP contribution in [-0.4, -0.2) is 43.1 Å². The molecule has 20 heavy (non-hydrogen) atoms. The predicted molar refractivity (Wildman–Crippen MR) is 74.4 cm³/mol. The second kappa shape index (κ2) is 7.04. The van der Waals surface area contributed by atoms with Gasteiger partial charge in [-0.2, -0.15) is 0 Å². The maximum atomic E-state index is 12.2. The fourth-order valence-electron chi connectivity index (χ4n) is 2.65. The Labute approximate surface area is 119 Å². The Morgan fingerprint density at radius 1 is 1.45 bits per heavy atom. The van der Waals surface area contributed by atoms with Gasteiger partial charge in [0.1, 0.15) is 6.61 Å². The van der Waals surface area contributed by atoms with Crippen LogP contribution in [0.2, 0.25) is 0 Å². The number of nitrogens with zero attached hydrogens (tertiary/aromatic N) is 1. The monoisotopic (exact) mass is 284 g/mol. The van der Waals surface area contributed by atoms with E-state index in [1.54, 1.807) is 6.92 Å². The zero-order chi connectivity index (χ0) is 14.4. The normalized spacial score (nSPS) is 27.0. The van der Waals surface area contributed by atoms with E-state index in [-0.39, 0.29) is 19.3 Å². The second-order valence-corrected chi connectivity index (χ2v) is 5.42. The summed E-state index contributed by atoms with van der Waals surface area (Å²) < 4.78 is 11.0. The summed E-state index contributed by atoms with van der Waals surface area (Å²) in [5.41, 5.74) is 5.10.